The third-order valence-electron chi connectivity index (χ3n) is 5.01. The van der Waals surface area contributed by atoms with Crippen molar-refractivity contribution in [3.8, 4) is 0 Å². The number of rotatable bonds is 3. The number of pyridine rings is 1. The third kappa shape index (κ3) is 3.59. The van der Waals surface area contributed by atoms with Gasteiger partial charge in [-0.25, -0.2) is 9.37 Å². The number of carbonyl (C=O) groups is 1. The molecule has 2 aliphatic rings. The number of benzene rings is 1. The number of halogens is 2. The number of nitrogens with zero attached hydrogens (tertiary/aromatic N) is 2. The van der Waals surface area contributed by atoms with Gasteiger partial charge in [0.1, 0.15) is 11.5 Å². The Balaban J connectivity index is 1.68. The highest BCUT2D eigenvalue weighted by molar-refractivity contribution is 8.13. The molecule has 146 valence electrons. The molecule has 3 N–H and O–H groups in total. The van der Waals surface area contributed by atoms with Crippen LogP contribution in [0.2, 0.25) is 5.02 Å². The molecule has 2 aliphatic heterocycles. The van der Waals surface area contributed by atoms with Crippen LogP contribution in [0.25, 0.3) is 0 Å². The van der Waals surface area contributed by atoms with E-state index < -0.39 is 11.4 Å². The fraction of sp³-hybridized carbons (Fsp3) is 0.316. The van der Waals surface area contributed by atoms with Crippen LogP contribution >= 0.6 is 23.4 Å². The molecular weight excluding hydrogens is 403 g/mol. The largest absolute Gasteiger partial charge is 0.381 e. The number of amidine groups is 1. The molecule has 3 heterocycles. The highest BCUT2D eigenvalue weighted by atomic mass is 35.5. The summed E-state index contributed by atoms with van der Waals surface area (Å²) in [5.74, 6) is -0.0626. The first-order chi connectivity index (χ1) is 13.5. The van der Waals surface area contributed by atoms with E-state index in [1.807, 2.05) is 0 Å². The van der Waals surface area contributed by atoms with Crippen LogP contribution in [0.3, 0.4) is 0 Å². The van der Waals surface area contributed by atoms with Gasteiger partial charge in [0.2, 0.25) is 0 Å². The summed E-state index contributed by atoms with van der Waals surface area (Å²) in [6, 6.07) is 7.60. The van der Waals surface area contributed by atoms with Gasteiger partial charge in [0, 0.05) is 42.1 Å². The van der Waals surface area contributed by atoms with Crippen molar-refractivity contribution in [2.24, 2.45) is 16.6 Å². The summed E-state index contributed by atoms with van der Waals surface area (Å²) in [5, 5.41) is 3.64. The monoisotopic (exact) mass is 420 g/mol. The lowest BCUT2D eigenvalue weighted by Gasteiger charge is -2.44. The smallest absolute Gasteiger partial charge is 0.274 e. The lowest BCUT2D eigenvalue weighted by Crippen LogP contribution is -2.47. The molecular formula is C19H18ClFN4O2S. The summed E-state index contributed by atoms with van der Waals surface area (Å²) in [6.45, 7) is 0.969. The van der Waals surface area contributed by atoms with Gasteiger partial charge in [-0.3, -0.25) is 9.79 Å². The van der Waals surface area contributed by atoms with Crippen LogP contribution < -0.4 is 11.1 Å². The number of thioether (sulfide) groups is 1. The Morgan fingerprint density at radius 1 is 1.39 bits per heavy atom. The molecule has 0 saturated carbocycles. The molecule has 1 saturated heterocycles. The lowest BCUT2D eigenvalue weighted by molar-refractivity contribution is 0.00886. The first kappa shape index (κ1) is 19.2. The van der Waals surface area contributed by atoms with Crippen LogP contribution in [0, 0.1) is 11.7 Å². The normalized spacial score (nSPS) is 24.2. The second-order valence-electron chi connectivity index (χ2n) is 6.72. The number of aliphatic imine (C=N–C) groups is 1. The number of ether oxygens (including phenoxy) is 1. The van der Waals surface area contributed by atoms with E-state index in [1.165, 1.54) is 36.2 Å². The second-order valence-corrected chi connectivity index (χ2v) is 8.19. The van der Waals surface area contributed by atoms with E-state index in [-0.39, 0.29) is 17.4 Å². The number of nitrogens with two attached hydrogens (primary N) is 1. The zero-order chi connectivity index (χ0) is 19.7. The average Bonchev–Trinajstić information content (AvgIpc) is 2.69. The molecule has 0 radical (unpaired) electrons. The van der Waals surface area contributed by atoms with Crippen molar-refractivity contribution >= 4 is 40.1 Å². The summed E-state index contributed by atoms with van der Waals surface area (Å²) >= 11 is 7.26. The Morgan fingerprint density at radius 3 is 3.04 bits per heavy atom. The molecule has 1 fully saturated rings. The summed E-state index contributed by atoms with van der Waals surface area (Å²) in [5.41, 5.74) is 6.30. The van der Waals surface area contributed by atoms with E-state index in [0.717, 1.165) is 0 Å². The average molecular weight is 421 g/mol. The molecule has 0 unspecified atom stereocenters. The van der Waals surface area contributed by atoms with Crippen LogP contribution in [0.5, 0.6) is 0 Å². The van der Waals surface area contributed by atoms with E-state index in [2.05, 4.69) is 15.3 Å². The molecule has 28 heavy (non-hydrogen) atoms. The van der Waals surface area contributed by atoms with Gasteiger partial charge in [0.15, 0.2) is 5.17 Å². The van der Waals surface area contributed by atoms with Gasteiger partial charge in [-0.05, 0) is 30.3 Å². The van der Waals surface area contributed by atoms with Crippen molar-refractivity contribution in [1.82, 2.24) is 4.98 Å². The molecule has 0 aliphatic carbocycles. The standard InChI is InChI=1S/C19H18ClFN4O2S/c20-12-1-4-16(23-8-12)17(26)24-13-2-3-15(21)14(7-13)19-5-6-27-9-11(19)10-28-18(22)25-19/h1-4,7-8,11H,5-6,9-10H2,(H2,22,25)(H,24,26)/t11-,19-/m0/s1. The van der Waals surface area contributed by atoms with Crippen molar-refractivity contribution in [2.45, 2.75) is 12.0 Å². The minimum Gasteiger partial charge on any atom is -0.381 e. The van der Waals surface area contributed by atoms with Gasteiger partial charge < -0.3 is 15.8 Å². The highest BCUT2D eigenvalue weighted by Crippen LogP contribution is 2.46. The van der Waals surface area contributed by atoms with Gasteiger partial charge in [-0.2, -0.15) is 0 Å². The molecule has 1 aromatic carbocycles. The number of hydrogen-bond donors (Lipinski definition) is 2. The van der Waals surface area contributed by atoms with Crippen molar-refractivity contribution in [3.05, 3.63) is 58.6 Å². The first-order valence-electron chi connectivity index (χ1n) is 8.77. The van der Waals surface area contributed by atoms with E-state index in [4.69, 9.17) is 22.1 Å². The zero-order valence-electron chi connectivity index (χ0n) is 14.8. The molecule has 4 rings (SSSR count). The lowest BCUT2D eigenvalue weighted by atomic mass is 9.75. The number of carbonyl (C=O) groups excluding carboxylic acids is 1. The molecule has 2 aromatic rings. The fourth-order valence-electron chi connectivity index (χ4n) is 3.60. The van der Waals surface area contributed by atoms with Gasteiger partial charge in [0.25, 0.3) is 5.91 Å². The molecule has 2 atom stereocenters. The number of aromatic nitrogens is 1. The highest BCUT2D eigenvalue weighted by Gasteiger charge is 2.47. The maximum Gasteiger partial charge on any atom is 0.274 e. The van der Waals surface area contributed by atoms with Gasteiger partial charge in [0.05, 0.1) is 17.2 Å². The van der Waals surface area contributed by atoms with Crippen molar-refractivity contribution < 1.29 is 13.9 Å². The Morgan fingerprint density at radius 2 is 2.25 bits per heavy atom. The minimum atomic E-state index is -0.781. The molecule has 1 amide bonds. The summed E-state index contributed by atoms with van der Waals surface area (Å²) in [6.07, 6.45) is 1.93. The van der Waals surface area contributed by atoms with Gasteiger partial charge in [-0.1, -0.05) is 23.4 Å². The van der Waals surface area contributed by atoms with E-state index >= 15 is 0 Å². The third-order valence-corrected chi connectivity index (χ3v) is 6.19. The van der Waals surface area contributed by atoms with E-state index in [9.17, 15) is 9.18 Å². The number of hydrogen-bond acceptors (Lipinski definition) is 6. The fourth-order valence-corrected chi connectivity index (χ4v) is 4.68. The maximum atomic E-state index is 14.9. The van der Waals surface area contributed by atoms with E-state index in [0.29, 0.717) is 46.8 Å². The van der Waals surface area contributed by atoms with Crippen LogP contribution in [0.15, 0.2) is 41.5 Å². The zero-order valence-corrected chi connectivity index (χ0v) is 16.4. The van der Waals surface area contributed by atoms with Crippen LogP contribution in [-0.2, 0) is 10.3 Å². The van der Waals surface area contributed by atoms with Crippen molar-refractivity contribution in [2.75, 3.05) is 24.3 Å². The first-order valence-corrected chi connectivity index (χ1v) is 10.1. The number of nitrogens with one attached hydrogen (secondary N) is 1. The van der Waals surface area contributed by atoms with Crippen molar-refractivity contribution in [3.63, 3.8) is 0 Å². The maximum absolute atomic E-state index is 14.9. The SMILES string of the molecule is NC1=N[C@@]2(c3cc(NC(=O)c4ccc(Cl)cn4)ccc3F)CCOC[C@H]2CS1. The molecule has 6 nitrogen and oxygen atoms in total. The quantitative estimate of drug-likeness (QED) is 0.794. The summed E-state index contributed by atoms with van der Waals surface area (Å²) in [7, 11) is 0. The van der Waals surface area contributed by atoms with Crippen LogP contribution in [0.4, 0.5) is 10.1 Å². The van der Waals surface area contributed by atoms with E-state index in [1.54, 1.807) is 12.1 Å². The molecule has 0 bridgehead atoms. The van der Waals surface area contributed by atoms with Gasteiger partial charge >= 0.3 is 0 Å². The Bertz CT molecular complexity index is 940. The van der Waals surface area contributed by atoms with Gasteiger partial charge in [-0.15, -0.1) is 0 Å². The summed E-state index contributed by atoms with van der Waals surface area (Å²) in [4.78, 5) is 21.1. The second kappa shape index (κ2) is 7.69. The summed E-state index contributed by atoms with van der Waals surface area (Å²) < 4.78 is 20.4. The van der Waals surface area contributed by atoms with Crippen LogP contribution in [-0.4, -0.2) is 35.0 Å². The number of fused-ring (bicyclic) bond motifs is 1. The Labute approximate surface area is 170 Å². The molecule has 0 spiro atoms. The Hall–Kier alpha value is -2.16. The number of anilines is 1. The topological polar surface area (TPSA) is 89.6 Å². The minimum absolute atomic E-state index is 0.0110. The molecule has 1 aromatic heterocycles. The predicted molar refractivity (Wildman–Crippen MR) is 108 cm³/mol. The van der Waals surface area contributed by atoms with Crippen molar-refractivity contribution in [1.29, 1.82) is 0 Å². The number of amides is 1. The van der Waals surface area contributed by atoms with Crippen LogP contribution in [0.1, 0.15) is 22.5 Å². The molecule has 9 heteroatoms. The Kier molecular flexibility index (Phi) is 5.27. The predicted octanol–water partition coefficient (Wildman–Crippen LogP) is 3.42.